The Kier molecular flexibility index (Phi) is 4.33. The van der Waals surface area contributed by atoms with Crippen molar-refractivity contribution in [2.75, 3.05) is 11.9 Å². The highest BCUT2D eigenvalue weighted by molar-refractivity contribution is 9.09. The maximum atomic E-state index is 12.0. The van der Waals surface area contributed by atoms with Crippen LogP contribution in [0, 0.1) is 12.3 Å². The molecule has 0 aromatic heterocycles. The zero-order valence-corrected chi connectivity index (χ0v) is 12.8. The largest absolute Gasteiger partial charge is 0.351 e. The number of amides is 1. The summed E-state index contributed by atoms with van der Waals surface area (Å²) in [6, 6.07) is 5.44. The van der Waals surface area contributed by atoms with Crippen molar-refractivity contribution in [1.29, 1.82) is 0 Å². The number of halogens is 2. The predicted molar refractivity (Wildman–Crippen MR) is 78.6 cm³/mol. The van der Waals surface area contributed by atoms with E-state index in [-0.39, 0.29) is 5.91 Å². The number of aryl methyl sites for hydroxylation is 1. The predicted octanol–water partition coefficient (Wildman–Crippen LogP) is 3.94. The Balaban J connectivity index is 1.95. The summed E-state index contributed by atoms with van der Waals surface area (Å²) < 4.78 is 0. The molecule has 1 amide bonds. The average Bonchev–Trinajstić information content (AvgIpc) is 3.06. The van der Waals surface area contributed by atoms with Crippen LogP contribution in [0.3, 0.4) is 0 Å². The summed E-state index contributed by atoms with van der Waals surface area (Å²) in [5.41, 5.74) is 2.00. The Morgan fingerprint density at radius 1 is 1.44 bits per heavy atom. The number of carbonyl (C=O) groups excluding carboxylic acids is 1. The average molecular weight is 331 g/mol. The van der Waals surface area contributed by atoms with Gasteiger partial charge in [0.05, 0.1) is 0 Å². The van der Waals surface area contributed by atoms with Crippen molar-refractivity contribution in [2.24, 2.45) is 5.41 Å². The highest BCUT2D eigenvalue weighted by Crippen LogP contribution is 2.48. The second-order valence-electron chi connectivity index (χ2n) is 5.14. The van der Waals surface area contributed by atoms with E-state index in [9.17, 15) is 4.79 Å². The maximum Gasteiger partial charge on any atom is 0.251 e. The molecule has 0 saturated heterocycles. The van der Waals surface area contributed by atoms with Crippen molar-refractivity contribution in [1.82, 2.24) is 5.32 Å². The van der Waals surface area contributed by atoms with Gasteiger partial charge in [0, 0.05) is 22.5 Å². The lowest BCUT2D eigenvalue weighted by Gasteiger charge is -2.14. The first-order valence-corrected chi connectivity index (χ1v) is 7.66. The Morgan fingerprint density at radius 3 is 2.72 bits per heavy atom. The molecule has 1 N–H and O–H groups in total. The van der Waals surface area contributed by atoms with Crippen LogP contribution >= 0.6 is 27.5 Å². The molecule has 0 aliphatic heterocycles. The van der Waals surface area contributed by atoms with Gasteiger partial charge in [-0.2, -0.15) is 0 Å². The summed E-state index contributed by atoms with van der Waals surface area (Å²) in [5.74, 6) is -0.0264. The molecule has 0 bridgehead atoms. The Bertz CT molecular complexity index is 437. The first-order chi connectivity index (χ1) is 8.54. The summed E-state index contributed by atoms with van der Waals surface area (Å²) in [5, 5.41) is 4.63. The molecule has 98 valence electrons. The Labute approximate surface area is 121 Å². The second-order valence-corrected chi connectivity index (χ2v) is 6.37. The number of hydrogen-bond donors (Lipinski definition) is 1. The quantitative estimate of drug-likeness (QED) is 0.814. The monoisotopic (exact) mass is 329 g/mol. The van der Waals surface area contributed by atoms with Gasteiger partial charge in [0.15, 0.2) is 0 Å². The summed E-state index contributed by atoms with van der Waals surface area (Å²) >= 11 is 9.43. The number of nitrogens with one attached hydrogen (secondary N) is 1. The first-order valence-electron chi connectivity index (χ1n) is 6.16. The minimum absolute atomic E-state index is 0.0264. The van der Waals surface area contributed by atoms with E-state index >= 15 is 0 Å². The van der Waals surface area contributed by atoms with Gasteiger partial charge in [0.2, 0.25) is 0 Å². The fourth-order valence-electron chi connectivity index (χ4n) is 2.13. The van der Waals surface area contributed by atoms with E-state index in [1.807, 2.05) is 19.1 Å². The molecule has 2 rings (SSSR count). The van der Waals surface area contributed by atoms with Crippen LogP contribution in [0.2, 0.25) is 5.02 Å². The van der Waals surface area contributed by atoms with E-state index in [2.05, 4.69) is 21.2 Å². The van der Waals surface area contributed by atoms with Gasteiger partial charge in [-0.1, -0.05) is 27.5 Å². The fourth-order valence-corrected chi connectivity index (χ4v) is 3.26. The minimum Gasteiger partial charge on any atom is -0.351 e. The van der Waals surface area contributed by atoms with Crippen LogP contribution in [-0.2, 0) is 0 Å². The van der Waals surface area contributed by atoms with Crippen LogP contribution in [0.4, 0.5) is 0 Å². The maximum absolute atomic E-state index is 12.0. The van der Waals surface area contributed by atoms with Crippen LogP contribution in [-0.4, -0.2) is 17.8 Å². The number of rotatable bonds is 5. The van der Waals surface area contributed by atoms with Gasteiger partial charge >= 0.3 is 0 Å². The van der Waals surface area contributed by atoms with Gasteiger partial charge in [0.1, 0.15) is 0 Å². The van der Waals surface area contributed by atoms with Gasteiger partial charge < -0.3 is 5.32 Å². The van der Waals surface area contributed by atoms with E-state index in [1.165, 1.54) is 12.8 Å². The van der Waals surface area contributed by atoms with E-state index < -0.39 is 0 Å². The number of benzene rings is 1. The molecule has 0 atom stereocenters. The third-order valence-electron chi connectivity index (χ3n) is 3.51. The number of hydrogen-bond acceptors (Lipinski definition) is 1. The molecule has 1 fully saturated rings. The van der Waals surface area contributed by atoms with Crippen molar-refractivity contribution in [3.8, 4) is 0 Å². The molecule has 1 saturated carbocycles. The van der Waals surface area contributed by atoms with Crippen molar-refractivity contribution >= 4 is 33.4 Å². The SMILES string of the molecule is Cc1cc(Cl)cc(C(=O)NCC2(CCBr)CC2)c1. The number of carbonyl (C=O) groups is 1. The molecule has 4 heteroatoms. The molecular weight excluding hydrogens is 314 g/mol. The van der Waals surface area contributed by atoms with Crippen molar-refractivity contribution in [2.45, 2.75) is 26.2 Å². The van der Waals surface area contributed by atoms with Gasteiger partial charge in [0.25, 0.3) is 5.91 Å². The highest BCUT2D eigenvalue weighted by atomic mass is 79.9. The third-order valence-corrected chi connectivity index (χ3v) is 4.12. The standard InChI is InChI=1S/C14H17BrClNO/c1-10-6-11(8-12(16)7-10)13(18)17-9-14(2-3-14)4-5-15/h6-8H,2-5,9H2,1H3,(H,17,18). The van der Waals surface area contributed by atoms with Crippen LogP contribution in [0.1, 0.15) is 35.2 Å². The van der Waals surface area contributed by atoms with Gasteiger partial charge in [-0.3, -0.25) is 4.79 Å². The van der Waals surface area contributed by atoms with Gasteiger partial charge in [-0.05, 0) is 55.4 Å². The Morgan fingerprint density at radius 2 is 2.17 bits per heavy atom. The zero-order valence-electron chi connectivity index (χ0n) is 10.4. The molecule has 18 heavy (non-hydrogen) atoms. The number of alkyl halides is 1. The summed E-state index contributed by atoms with van der Waals surface area (Å²) in [4.78, 5) is 12.0. The van der Waals surface area contributed by atoms with Crippen LogP contribution in [0.15, 0.2) is 18.2 Å². The zero-order chi connectivity index (χ0) is 13.2. The molecular formula is C14H17BrClNO. The second kappa shape index (κ2) is 5.62. The summed E-state index contributed by atoms with van der Waals surface area (Å²) in [7, 11) is 0. The molecule has 0 heterocycles. The van der Waals surface area contributed by atoms with Gasteiger partial charge in [-0.25, -0.2) is 0 Å². The lowest BCUT2D eigenvalue weighted by Crippen LogP contribution is -2.30. The summed E-state index contributed by atoms with van der Waals surface area (Å²) in [6.45, 7) is 2.71. The lowest BCUT2D eigenvalue weighted by atomic mass is 10.0. The fraction of sp³-hybridized carbons (Fsp3) is 0.500. The first kappa shape index (κ1) is 13.9. The molecule has 1 aliphatic rings. The van der Waals surface area contributed by atoms with Crippen LogP contribution in [0.5, 0.6) is 0 Å². The minimum atomic E-state index is -0.0264. The Hall–Kier alpha value is -0.540. The normalized spacial score (nSPS) is 16.4. The molecule has 2 nitrogen and oxygen atoms in total. The lowest BCUT2D eigenvalue weighted by molar-refractivity contribution is 0.0944. The third kappa shape index (κ3) is 3.48. The molecule has 0 radical (unpaired) electrons. The smallest absolute Gasteiger partial charge is 0.251 e. The van der Waals surface area contributed by atoms with Crippen LogP contribution < -0.4 is 5.32 Å². The topological polar surface area (TPSA) is 29.1 Å². The van der Waals surface area contributed by atoms with Gasteiger partial charge in [-0.15, -0.1) is 0 Å². The van der Waals surface area contributed by atoms with Crippen LogP contribution in [0.25, 0.3) is 0 Å². The summed E-state index contributed by atoms with van der Waals surface area (Å²) in [6.07, 6.45) is 3.56. The van der Waals surface area contributed by atoms with Crippen molar-refractivity contribution in [3.63, 3.8) is 0 Å². The van der Waals surface area contributed by atoms with Crippen molar-refractivity contribution in [3.05, 3.63) is 34.3 Å². The van der Waals surface area contributed by atoms with E-state index in [1.54, 1.807) is 6.07 Å². The molecule has 0 spiro atoms. The molecule has 0 unspecified atom stereocenters. The van der Waals surface area contributed by atoms with E-state index in [4.69, 9.17) is 11.6 Å². The van der Waals surface area contributed by atoms with Crippen molar-refractivity contribution < 1.29 is 4.79 Å². The molecule has 1 aromatic carbocycles. The highest BCUT2D eigenvalue weighted by Gasteiger charge is 2.41. The molecule has 1 aliphatic carbocycles. The molecule has 1 aromatic rings. The van der Waals surface area contributed by atoms with E-state index in [0.717, 1.165) is 23.9 Å². The van der Waals surface area contributed by atoms with E-state index in [0.29, 0.717) is 16.0 Å².